The second-order valence-corrected chi connectivity index (χ2v) is 15.1. The van der Waals surface area contributed by atoms with E-state index in [-0.39, 0.29) is 39.3 Å². The molecule has 0 saturated carbocycles. The largest absolute Gasteiger partial charge is 0.488 e. The maximum atomic E-state index is 11.0. The number of ether oxygens (including phenoxy) is 2. The van der Waals surface area contributed by atoms with E-state index in [2.05, 4.69) is 77.0 Å². The standard InChI is InChI=1S/C46H47ClN6O8/c1-28-33(27-61-44-18-43(60-26-31-13-30(19-48)20-50-21-31)35(15-41(44)47)22-51-25-37(55)17-46(58)59)5-3-7-39(28)40-8-4-6-38(29(40)2)32-9-10-42-34(14-32)23-52-53(42)12-11-49-24-36(54)16-45(56)57/h3-10,13-15,18,20-21,23,36-37,49,51,54-55H,11-12,16-17,22,24-27H2,1-2H3,(H,56,57)(H,58,59). The average molecular weight is 847 g/mol. The monoisotopic (exact) mass is 846 g/mol. The van der Waals surface area contributed by atoms with Crippen LogP contribution in [-0.2, 0) is 35.9 Å². The number of carboxylic acid groups (broad SMARTS) is 2. The normalized spacial score (nSPS) is 12.2. The number of hydrogen-bond donors (Lipinski definition) is 6. The number of aliphatic hydroxyl groups excluding tert-OH is 2. The third kappa shape index (κ3) is 11.7. The molecular weight excluding hydrogens is 800 g/mol. The van der Waals surface area contributed by atoms with Gasteiger partial charge in [0.15, 0.2) is 0 Å². The van der Waals surface area contributed by atoms with Gasteiger partial charge < -0.3 is 40.5 Å². The lowest BCUT2D eigenvalue weighted by molar-refractivity contribution is -0.140. The molecule has 316 valence electrons. The highest BCUT2D eigenvalue weighted by Gasteiger charge is 2.17. The van der Waals surface area contributed by atoms with E-state index in [1.807, 2.05) is 29.1 Å². The summed E-state index contributed by atoms with van der Waals surface area (Å²) in [6.45, 7) is 6.03. The molecule has 2 heterocycles. The number of pyridine rings is 1. The molecule has 0 radical (unpaired) electrons. The summed E-state index contributed by atoms with van der Waals surface area (Å²) >= 11 is 6.77. The molecular formula is C46H47ClN6O8. The quantitative estimate of drug-likeness (QED) is 0.0433. The van der Waals surface area contributed by atoms with Crippen LogP contribution in [0.2, 0.25) is 5.02 Å². The van der Waals surface area contributed by atoms with Crippen molar-refractivity contribution in [2.24, 2.45) is 0 Å². The Morgan fingerprint density at radius 2 is 1.49 bits per heavy atom. The second-order valence-electron chi connectivity index (χ2n) is 14.7. The van der Waals surface area contributed by atoms with Crippen LogP contribution in [0.1, 0.15) is 46.2 Å². The molecule has 0 fully saturated rings. The fraction of sp³-hybridized carbons (Fsp3) is 0.283. The minimum absolute atomic E-state index is 0.0428. The van der Waals surface area contributed by atoms with Gasteiger partial charge in [0.2, 0.25) is 0 Å². The van der Waals surface area contributed by atoms with E-state index in [4.69, 9.17) is 31.3 Å². The molecule has 14 nitrogen and oxygen atoms in total. The van der Waals surface area contributed by atoms with Crippen LogP contribution < -0.4 is 20.1 Å². The van der Waals surface area contributed by atoms with Gasteiger partial charge in [-0.05, 0) is 77.1 Å². The zero-order chi connectivity index (χ0) is 43.5. The molecule has 6 N–H and O–H groups in total. The van der Waals surface area contributed by atoms with Gasteiger partial charge >= 0.3 is 11.9 Å². The van der Waals surface area contributed by atoms with Gasteiger partial charge in [-0.2, -0.15) is 10.4 Å². The zero-order valence-electron chi connectivity index (χ0n) is 33.8. The van der Waals surface area contributed by atoms with Crippen molar-refractivity contribution in [2.45, 2.75) is 65.2 Å². The second kappa shape index (κ2) is 20.8. The third-order valence-corrected chi connectivity index (χ3v) is 10.5. The molecule has 15 heteroatoms. The van der Waals surface area contributed by atoms with Crippen LogP contribution in [0.5, 0.6) is 11.5 Å². The van der Waals surface area contributed by atoms with E-state index in [1.165, 1.54) is 6.20 Å². The summed E-state index contributed by atoms with van der Waals surface area (Å²) < 4.78 is 14.4. The molecule has 6 aromatic rings. The smallest absolute Gasteiger partial charge is 0.306 e. The van der Waals surface area contributed by atoms with Crippen LogP contribution in [0.25, 0.3) is 33.2 Å². The highest BCUT2D eigenvalue weighted by molar-refractivity contribution is 6.32. The van der Waals surface area contributed by atoms with Crippen LogP contribution in [0.3, 0.4) is 0 Å². The predicted octanol–water partition coefficient (Wildman–Crippen LogP) is 6.42. The van der Waals surface area contributed by atoms with Gasteiger partial charge in [0.05, 0.1) is 53.9 Å². The number of nitrogens with zero attached hydrogens (tertiary/aromatic N) is 4. The lowest BCUT2D eigenvalue weighted by Crippen LogP contribution is -2.31. The summed E-state index contributed by atoms with van der Waals surface area (Å²) in [6.07, 6.45) is 2.19. The van der Waals surface area contributed by atoms with Gasteiger partial charge in [0.25, 0.3) is 0 Å². The number of halogens is 1. The van der Waals surface area contributed by atoms with Gasteiger partial charge in [-0.25, -0.2) is 0 Å². The van der Waals surface area contributed by atoms with Crippen molar-refractivity contribution >= 4 is 34.4 Å². The van der Waals surface area contributed by atoms with Crippen LogP contribution in [0, 0.1) is 25.2 Å². The summed E-state index contributed by atoms with van der Waals surface area (Å²) in [5.74, 6) is -1.29. The highest BCUT2D eigenvalue weighted by atomic mass is 35.5. The first-order chi connectivity index (χ1) is 29.4. The number of nitrogens with one attached hydrogen (secondary N) is 2. The van der Waals surface area contributed by atoms with Gasteiger partial charge in [-0.1, -0.05) is 54.1 Å². The summed E-state index contributed by atoms with van der Waals surface area (Å²) in [4.78, 5) is 25.9. The van der Waals surface area contributed by atoms with Crippen molar-refractivity contribution in [1.29, 1.82) is 5.26 Å². The minimum Gasteiger partial charge on any atom is -0.488 e. The first-order valence-electron chi connectivity index (χ1n) is 19.7. The average Bonchev–Trinajstić information content (AvgIpc) is 3.64. The number of hydrogen-bond acceptors (Lipinski definition) is 11. The van der Waals surface area contributed by atoms with E-state index in [0.29, 0.717) is 46.3 Å². The molecule has 0 amide bonds. The van der Waals surface area contributed by atoms with Crippen LogP contribution in [-0.4, -0.2) is 79.0 Å². The summed E-state index contributed by atoms with van der Waals surface area (Å²) in [6, 6.07) is 25.8. The first kappa shape index (κ1) is 44.2. The Labute approximate surface area is 358 Å². The van der Waals surface area contributed by atoms with Crippen molar-refractivity contribution in [3.63, 3.8) is 0 Å². The fourth-order valence-electron chi connectivity index (χ4n) is 7.08. The molecule has 2 aromatic heterocycles. The number of aliphatic carboxylic acids is 2. The number of nitriles is 1. The SMILES string of the molecule is Cc1c(COc2cc(OCc3cncc(C#N)c3)c(CNCC(O)CC(=O)O)cc2Cl)cccc1-c1cccc(-c2ccc3c(cnn3CCNCC(O)CC(=O)O)c2)c1C. The van der Waals surface area contributed by atoms with Crippen molar-refractivity contribution in [3.05, 3.63) is 130 Å². The lowest BCUT2D eigenvalue weighted by Gasteiger charge is -2.18. The van der Waals surface area contributed by atoms with Crippen LogP contribution >= 0.6 is 11.6 Å². The molecule has 6 rings (SSSR count). The van der Waals surface area contributed by atoms with E-state index < -0.39 is 30.6 Å². The van der Waals surface area contributed by atoms with Gasteiger partial charge in [0, 0.05) is 61.2 Å². The first-order valence-corrected chi connectivity index (χ1v) is 20.1. The highest BCUT2D eigenvalue weighted by Crippen LogP contribution is 2.37. The Morgan fingerprint density at radius 3 is 2.23 bits per heavy atom. The van der Waals surface area contributed by atoms with Crippen molar-refractivity contribution in [2.75, 3.05) is 19.6 Å². The molecule has 0 spiro atoms. The maximum absolute atomic E-state index is 11.0. The van der Waals surface area contributed by atoms with E-state index >= 15 is 0 Å². The molecule has 0 aliphatic rings. The number of aliphatic hydroxyl groups is 2. The van der Waals surface area contributed by atoms with E-state index in [1.54, 1.807) is 24.4 Å². The fourth-order valence-corrected chi connectivity index (χ4v) is 7.32. The third-order valence-electron chi connectivity index (χ3n) is 10.2. The molecule has 4 aromatic carbocycles. The van der Waals surface area contributed by atoms with E-state index in [0.717, 1.165) is 49.8 Å². The summed E-state index contributed by atoms with van der Waals surface area (Å²) in [5, 5.41) is 59.1. The number of carboxylic acids is 2. The zero-order valence-corrected chi connectivity index (χ0v) is 34.5. The Morgan fingerprint density at radius 1 is 0.803 bits per heavy atom. The Bertz CT molecular complexity index is 2550. The number of carbonyl (C=O) groups is 2. The Balaban J connectivity index is 1.18. The Kier molecular flexibility index (Phi) is 15.0. The van der Waals surface area contributed by atoms with Crippen LogP contribution in [0.15, 0.2) is 91.4 Å². The molecule has 61 heavy (non-hydrogen) atoms. The topological polar surface area (TPSA) is 212 Å². The number of aromatic nitrogens is 3. The molecule has 0 aliphatic carbocycles. The van der Waals surface area contributed by atoms with Crippen LogP contribution in [0.4, 0.5) is 0 Å². The Hall–Kier alpha value is -6.34. The summed E-state index contributed by atoms with van der Waals surface area (Å²) in [7, 11) is 0. The molecule has 0 saturated heterocycles. The van der Waals surface area contributed by atoms with Crippen molar-refractivity contribution < 1.29 is 39.5 Å². The van der Waals surface area contributed by atoms with E-state index in [9.17, 15) is 25.1 Å². The molecule has 0 aliphatic heterocycles. The number of fused-ring (bicyclic) bond motifs is 1. The van der Waals surface area contributed by atoms with Gasteiger partial charge in [-0.15, -0.1) is 0 Å². The minimum atomic E-state index is -1.10. The van der Waals surface area contributed by atoms with Gasteiger partial charge in [0.1, 0.15) is 30.8 Å². The van der Waals surface area contributed by atoms with Crippen molar-refractivity contribution in [1.82, 2.24) is 25.4 Å². The number of rotatable bonds is 21. The maximum Gasteiger partial charge on any atom is 0.306 e. The number of benzene rings is 4. The molecule has 0 bridgehead atoms. The summed E-state index contributed by atoms with van der Waals surface area (Å²) in [5.41, 5.74) is 10.1. The lowest BCUT2D eigenvalue weighted by atomic mass is 9.89. The molecule has 2 atom stereocenters. The molecule has 2 unspecified atom stereocenters. The van der Waals surface area contributed by atoms with Crippen molar-refractivity contribution in [3.8, 4) is 39.8 Å². The predicted molar refractivity (Wildman–Crippen MR) is 230 cm³/mol. The van der Waals surface area contributed by atoms with Gasteiger partial charge in [-0.3, -0.25) is 19.3 Å².